The molecule has 0 aliphatic carbocycles. The molecule has 3 rings (SSSR count). The van der Waals surface area contributed by atoms with Crippen LogP contribution in [0.4, 0.5) is 0 Å². The first-order chi connectivity index (χ1) is 12.6. The van der Waals surface area contributed by atoms with Crippen LogP contribution in [-0.4, -0.2) is 35.0 Å². The highest BCUT2D eigenvalue weighted by Gasteiger charge is 2.15. The molecule has 1 aromatic heterocycles. The van der Waals surface area contributed by atoms with Gasteiger partial charge in [-0.1, -0.05) is 53.2 Å². The lowest BCUT2D eigenvalue weighted by Crippen LogP contribution is -2.34. The quantitative estimate of drug-likeness (QED) is 0.664. The second kappa shape index (κ2) is 8.06. The first-order valence-electron chi connectivity index (χ1n) is 8.15. The standard InChI is InChI=1S/C19H18N4O3/c1-13-6-5-9-15(12-13)17(24)20-10-11-21-18(25)19-22-16(23-26-19)14-7-3-2-4-8-14/h2-9,12H,10-11H2,1H3,(H,20,24)(H,21,25). The van der Waals surface area contributed by atoms with Crippen molar-refractivity contribution in [2.24, 2.45) is 0 Å². The molecule has 0 bridgehead atoms. The van der Waals surface area contributed by atoms with Gasteiger partial charge in [-0.2, -0.15) is 4.98 Å². The molecule has 0 saturated carbocycles. The van der Waals surface area contributed by atoms with Crippen molar-refractivity contribution in [2.75, 3.05) is 13.1 Å². The van der Waals surface area contributed by atoms with Crippen molar-refractivity contribution in [3.63, 3.8) is 0 Å². The maximum atomic E-state index is 12.0. The Balaban J connectivity index is 1.47. The molecular weight excluding hydrogens is 332 g/mol. The van der Waals surface area contributed by atoms with Gasteiger partial charge in [-0.3, -0.25) is 9.59 Å². The summed E-state index contributed by atoms with van der Waals surface area (Å²) in [7, 11) is 0. The van der Waals surface area contributed by atoms with E-state index in [2.05, 4.69) is 20.8 Å². The average Bonchev–Trinajstić information content (AvgIpc) is 3.16. The Hall–Kier alpha value is -3.48. The predicted molar refractivity (Wildman–Crippen MR) is 95.6 cm³/mol. The second-order valence-corrected chi connectivity index (χ2v) is 5.67. The number of carbonyl (C=O) groups excluding carboxylic acids is 2. The fraction of sp³-hybridized carbons (Fsp3) is 0.158. The van der Waals surface area contributed by atoms with E-state index in [1.54, 1.807) is 12.1 Å². The zero-order valence-electron chi connectivity index (χ0n) is 14.2. The van der Waals surface area contributed by atoms with E-state index in [0.29, 0.717) is 11.4 Å². The number of hydrogen-bond donors (Lipinski definition) is 2. The van der Waals surface area contributed by atoms with Gasteiger partial charge in [0.1, 0.15) is 0 Å². The minimum atomic E-state index is -0.482. The smallest absolute Gasteiger partial charge is 0.316 e. The fourth-order valence-corrected chi connectivity index (χ4v) is 2.34. The zero-order valence-corrected chi connectivity index (χ0v) is 14.2. The van der Waals surface area contributed by atoms with Crippen LogP contribution in [0.2, 0.25) is 0 Å². The molecule has 0 unspecified atom stereocenters. The molecule has 132 valence electrons. The van der Waals surface area contributed by atoms with Gasteiger partial charge in [-0.25, -0.2) is 0 Å². The summed E-state index contributed by atoms with van der Waals surface area (Å²) in [4.78, 5) is 28.1. The number of nitrogens with one attached hydrogen (secondary N) is 2. The second-order valence-electron chi connectivity index (χ2n) is 5.67. The maximum absolute atomic E-state index is 12.0. The van der Waals surface area contributed by atoms with Crippen LogP contribution >= 0.6 is 0 Å². The highest BCUT2D eigenvalue weighted by molar-refractivity contribution is 5.94. The molecule has 3 aromatic rings. The number of amides is 2. The van der Waals surface area contributed by atoms with Crippen LogP contribution in [0.15, 0.2) is 59.1 Å². The lowest BCUT2D eigenvalue weighted by atomic mass is 10.1. The summed E-state index contributed by atoms with van der Waals surface area (Å²) in [6, 6.07) is 16.5. The minimum Gasteiger partial charge on any atom is -0.350 e. The zero-order chi connectivity index (χ0) is 18.4. The molecule has 1 heterocycles. The van der Waals surface area contributed by atoms with Crippen LogP contribution in [0, 0.1) is 6.92 Å². The van der Waals surface area contributed by atoms with Crippen LogP contribution in [0.25, 0.3) is 11.4 Å². The molecule has 0 spiro atoms. The van der Waals surface area contributed by atoms with E-state index >= 15 is 0 Å². The molecule has 26 heavy (non-hydrogen) atoms. The molecule has 2 aromatic carbocycles. The third kappa shape index (κ3) is 4.32. The molecule has 0 fully saturated rings. The first kappa shape index (κ1) is 17.3. The van der Waals surface area contributed by atoms with Crippen molar-refractivity contribution in [1.29, 1.82) is 0 Å². The molecule has 0 radical (unpaired) electrons. The Labute approximate surface area is 150 Å². The Bertz CT molecular complexity index is 906. The van der Waals surface area contributed by atoms with E-state index < -0.39 is 5.91 Å². The predicted octanol–water partition coefficient (Wildman–Crippen LogP) is 2.20. The molecule has 0 atom stereocenters. The summed E-state index contributed by atoms with van der Waals surface area (Å²) in [5.74, 6) is -0.436. The highest BCUT2D eigenvalue weighted by atomic mass is 16.5. The van der Waals surface area contributed by atoms with Gasteiger partial charge in [0.05, 0.1) is 0 Å². The van der Waals surface area contributed by atoms with E-state index in [0.717, 1.165) is 11.1 Å². The van der Waals surface area contributed by atoms with Crippen molar-refractivity contribution in [1.82, 2.24) is 20.8 Å². The molecule has 7 nitrogen and oxygen atoms in total. The van der Waals surface area contributed by atoms with Crippen LogP contribution < -0.4 is 10.6 Å². The van der Waals surface area contributed by atoms with E-state index in [9.17, 15) is 9.59 Å². The van der Waals surface area contributed by atoms with Crippen LogP contribution in [0.1, 0.15) is 26.6 Å². The molecule has 7 heteroatoms. The summed E-state index contributed by atoms with van der Waals surface area (Å²) < 4.78 is 4.98. The van der Waals surface area contributed by atoms with Crippen molar-refractivity contribution < 1.29 is 14.1 Å². The van der Waals surface area contributed by atoms with Crippen molar-refractivity contribution in [2.45, 2.75) is 6.92 Å². The average molecular weight is 350 g/mol. The van der Waals surface area contributed by atoms with Gasteiger partial charge < -0.3 is 15.2 Å². The summed E-state index contributed by atoms with van der Waals surface area (Å²) in [5.41, 5.74) is 2.36. The van der Waals surface area contributed by atoms with Gasteiger partial charge in [0.25, 0.3) is 5.91 Å². The molecule has 0 aliphatic heterocycles. The first-order valence-corrected chi connectivity index (χ1v) is 8.15. The molecule has 0 saturated heterocycles. The number of aryl methyl sites for hydroxylation is 1. The number of aromatic nitrogens is 2. The fourth-order valence-electron chi connectivity index (χ4n) is 2.34. The third-order valence-corrected chi connectivity index (χ3v) is 3.63. The SMILES string of the molecule is Cc1cccc(C(=O)NCCNC(=O)c2nc(-c3ccccc3)no2)c1. The highest BCUT2D eigenvalue weighted by Crippen LogP contribution is 2.14. The lowest BCUT2D eigenvalue weighted by molar-refractivity contribution is 0.0898. The maximum Gasteiger partial charge on any atom is 0.316 e. The van der Waals surface area contributed by atoms with Crippen molar-refractivity contribution >= 4 is 11.8 Å². The van der Waals surface area contributed by atoms with Crippen LogP contribution in [0.3, 0.4) is 0 Å². The Morgan fingerprint density at radius 2 is 1.69 bits per heavy atom. The van der Waals surface area contributed by atoms with Crippen molar-refractivity contribution in [3.8, 4) is 11.4 Å². The largest absolute Gasteiger partial charge is 0.350 e. The molecule has 2 amide bonds. The molecular formula is C19H18N4O3. The minimum absolute atomic E-state index is 0.117. The van der Waals surface area contributed by atoms with E-state index in [1.165, 1.54) is 0 Å². The van der Waals surface area contributed by atoms with Crippen LogP contribution in [0.5, 0.6) is 0 Å². The summed E-state index contributed by atoms with van der Waals surface area (Å²) in [6.45, 7) is 2.46. The van der Waals surface area contributed by atoms with Gasteiger partial charge in [-0.15, -0.1) is 0 Å². The number of carbonyl (C=O) groups is 2. The Morgan fingerprint density at radius 3 is 2.42 bits per heavy atom. The monoisotopic (exact) mass is 350 g/mol. The van der Waals surface area contributed by atoms with Gasteiger partial charge in [0.15, 0.2) is 0 Å². The van der Waals surface area contributed by atoms with E-state index in [1.807, 2.05) is 49.4 Å². The number of rotatable bonds is 6. The Kier molecular flexibility index (Phi) is 5.38. The van der Waals surface area contributed by atoms with Gasteiger partial charge in [-0.05, 0) is 19.1 Å². The van der Waals surface area contributed by atoms with Gasteiger partial charge in [0, 0.05) is 24.2 Å². The van der Waals surface area contributed by atoms with Crippen molar-refractivity contribution in [3.05, 3.63) is 71.6 Å². The van der Waals surface area contributed by atoms with E-state index in [4.69, 9.17) is 4.52 Å². The third-order valence-electron chi connectivity index (χ3n) is 3.63. The number of nitrogens with zero attached hydrogens (tertiary/aromatic N) is 2. The summed E-state index contributed by atoms with van der Waals surface area (Å²) in [5, 5.41) is 9.17. The van der Waals surface area contributed by atoms with E-state index in [-0.39, 0.29) is 24.9 Å². The summed E-state index contributed by atoms with van der Waals surface area (Å²) in [6.07, 6.45) is 0. The van der Waals surface area contributed by atoms with Gasteiger partial charge in [0.2, 0.25) is 5.82 Å². The molecule has 0 aliphatic rings. The van der Waals surface area contributed by atoms with Gasteiger partial charge >= 0.3 is 11.8 Å². The summed E-state index contributed by atoms with van der Waals surface area (Å²) >= 11 is 0. The lowest BCUT2D eigenvalue weighted by Gasteiger charge is -2.06. The topological polar surface area (TPSA) is 97.1 Å². The van der Waals surface area contributed by atoms with Crippen LogP contribution in [-0.2, 0) is 0 Å². The number of benzene rings is 2. The Morgan fingerprint density at radius 1 is 0.962 bits per heavy atom. The molecule has 2 N–H and O–H groups in total. The number of hydrogen-bond acceptors (Lipinski definition) is 5. The normalized spacial score (nSPS) is 10.3.